The van der Waals surface area contributed by atoms with Crippen LogP contribution in [0.1, 0.15) is 36.0 Å². The minimum absolute atomic E-state index is 0.0234. The number of benzene rings is 2. The summed E-state index contributed by atoms with van der Waals surface area (Å²) in [5.74, 6) is 3.16. The molecular weight excluding hydrogens is 354 g/mol. The predicted molar refractivity (Wildman–Crippen MR) is 109 cm³/mol. The van der Waals surface area contributed by atoms with Crippen molar-refractivity contribution < 1.29 is 18.9 Å². The van der Waals surface area contributed by atoms with Gasteiger partial charge in [0.1, 0.15) is 0 Å². The fourth-order valence-corrected chi connectivity index (χ4v) is 4.87. The van der Waals surface area contributed by atoms with Gasteiger partial charge in [-0.1, -0.05) is 6.07 Å². The van der Waals surface area contributed by atoms with Crippen LogP contribution in [0.3, 0.4) is 0 Å². The maximum atomic E-state index is 5.60. The second kappa shape index (κ2) is 7.55. The normalized spacial score (nSPS) is 21.4. The van der Waals surface area contributed by atoms with Gasteiger partial charge in [-0.05, 0) is 73.2 Å². The number of hydrogen-bond donors (Lipinski definition) is 0. The van der Waals surface area contributed by atoms with Crippen LogP contribution in [0, 0.1) is 0 Å². The van der Waals surface area contributed by atoms with E-state index in [1.54, 1.807) is 28.4 Å². The van der Waals surface area contributed by atoms with Gasteiger partial charge in [0.15, 0.2) is 23.0 Å². The molecule has 0 saturated carbocycles. The van der Waals surface area contributed by atoms with Crippen LogP contribution in [0.4, 0.5) is 0 Å². The predicted octanol–water partition coefficient (Wildman–Crippen LogP) is 4.16. The highest BCUT2D eigenvalue weighted by Crippen LogP contribution is 2.48. The van der Waals surface area contributed by atoms with Crippen molar-refractivity contribution in [3.05, 3.63) is 47.0 Å². The fraction of sp³-hybridized carbons (Fsp3) is 0.478. The van der Waals surface area contributed by atoms with E-state index in [0.717, 1.165) is 48.9 Å². The maximum absolute atomic E-state index is 5.60. The monoisotopic (exact) mass is 383 g/mol. The van der Waals surface area contributed by atoms with Gasteiger partial charge in [0, 0.05) is 6.54 Å². The Morgan fingerprint density at radius 1 is 0.750 bits per heavy atom. The molecule has 28 heavy (non-hydrogen) atoms. The van der Waals surface area contributed by atoms with E-state index in [2.05, 4.69) is 29.2 Å². The molecule has 0 bridgehead atoms. The number of methoxy groups -OCH3 is 4. The molecule has 5 nitrogen and oxygen atoms in total. The summed E-state index contributed by atoms with van der Waals surface area (Å²) in [5, 5.41) is 0. The largest absolute Gasteiger partial charge is 0.493 e. The number of fused-ring (bicyclic) bond motifs is 2. The first-order valence-electron chi connectivity index (χ1n) is 9.86. The summed E-state index contributed by atoms with van der Waals surface area (Å²) < 4.78 is 22.2. The molecule has 0 aromatic heterocycles. The molecule has 0 aliphatic carbocycles. The van der Waals surface area contributed by atoms with Gasteiger partial charge in [0.25, 0.3) is 0 Å². The lowest BCUT2D eigenvalue weighted by molar-refractivity contribution is 0.0240. The minimum Gasteiger partial charge on any atom is -0.493 e. The lowest BCUT2D eigenvalue weighted by atomic mass is 9.72. The minimum atomic E-state index is -0.0234. The zero-order valence-corrected chi connectivity index (χ0v) is 17.2. The average molecular weight is 383 g/mol. The highest BCUT2D eigenvalue weighted by atomic mass is 16.5. The quantitative estimate of drug-likeness (QED) is 0.775. The van der Waals surface area contributed by atoms with Crippen molar-refractivity contribution in [2.45, 2.75) is 37.8 Å². The summed E-state index contributed by atoms with van der Waals surface area (Å²) >= 11 is 0. The van der Waals surface area contributed by atoms with Crippen LogP contribution < -0.4 is 18.9 Å². The summed E-state index contributed by atoms with van der Waals surface area (Å²) in [5.41, 5.74) is 3.94. The molecular formula is C23H29NO4. The van der Waals surface area contributed by atoms with Gasteiger partial charge in [-0.2, -0.15) is 0 Å². The molecule has 1 unspecified atom stereocenters. The molecule has 1 fully saturated rings. The molecule has 0 radical (unpaired) electrons. The van der Waals surface area contributed by atoms with E-state index in [0.29, 0.717) is 0 Å². The number of piperidine rings is 1. The van der Waals surface area contributed by atoms with Crippen molar-refractivity contribution in [3.63, 3.8) is 0 Å². The third-order valence-electron chi connectivity index (χ3n) is 6.34. The molecule has 2 aromatic carbocycles. The molecule has 4 rings (SSSR count). The van der Waals surface area contributed by atoms with Gasteiger partial charge in [-0.3, -0.25) is 4.90 Å². The first kappa shape index (κ1) is 18.9. The zero-order chi connectivity index (χ0) is 19.7. The van der Waals surface area contributed by atoms with E-state index in [-0.39, 0.29) is 5.54 Å². The third-order valence-corrected chi connectivity index (χ3v) is 6.34. The van der Waals surface area contributed by atoms with Crippen molar-refractivity contribution in [2.75, 3.05) is 35.0 Å². The van der Waals surface area contributed by atoms with E-state index in [1.165, 1.54) is 29.5 Å². The Morgan fingerprint density at radius 2 is 1.39 bits per heavy atom. The Bertz CT molecular complexity index is 866. The van der Waals surface area contributed by atoms with Crippen LogP contribution in [-0.2, 0) is 18.5 Å². The standard InChI is InChI=1S/C23H29NO4/c1-25-19-8-7-18(13-22(19)28-4)23-9-5-6-10-24(23)15-17-12-21(27-3)20(26-2)11-16(17)14-23/h7-8,11-13H,5-6,9-10,14-15H2,1-4H3. The summed E-state index contributed by atoms with van der Waals surface area (Å²) in [6.07, 6.45) is 4.56. The van der Waals surface area contributed by atoms with Crippen molar-refractivity contribution in [1.82, 2.24) is 4.90 Å². The highest BCUT2D eigenvalue weighted by Gasteiger charge is 2.44. The Kier molecular flexibility index (Phi) is 5.11. The van der Waals surface area contributed by atoms with Crippen molar-refractivity contribution in [3.8, 4) is 23.0 Å². The van der Waals surface area contributed by atoms with Crippen LogP contribution in [0.15, 0.2) is 30.3 Å². The van der Waals surface area contributed by atoms with Gasteiger partial charge in [0.2, 0.25) is 0 Å². The lowest BCUT2D eigenvalue weighted by Crippen LogP contribution is -2.52. The van der Waals surface area contributed by atoms with Crippen molar-refractivity contribution >= 4 is 0 Å². The lowest BCUT2D eigenvalue weighted by Gasteiger charge is -2.51. The van der Waals surface area contributed by atoms with Gasteiger partial charge in [-0.15, -0.1) is 0 Å². The molecule has 5 heteroatoms. The van der Waals surface area contributed by atoms with E-state index < -0.39 is 0 Å². The Hall–Kier alpha value is -2.40. The molecule has 150 valence electrons. The topological polar surface area (TPSA) is 40.2 Å². The maximum Gasteiger partial charge on any atom is 0.161 e. The SMILES string of the molecule is COc1ccc(C23CCCCN2Cc2cc(OC)c(OC)cc2C3)cc1OC. The van der Waals surface area contributed by atoms with Crippen LogP contribution in [-0.4, -0.2) is 39.9 Å². The third kappa shape index (κ3) is 2.98. The molecule has 0 spiro atoms. The number of hydrogen-bond acceptors (Lipinski definition) is 5. The zero-order valence-electron chi connectivity index (χ0n) is 17.2. The first-order valence-corrected chi connectivity index (χ1v) is 9.86. The first-order chi connectivity index (χ1) is 13.6. The summed E-state index contributed by atoms with van der Waals surface area (Å²) in [6, 6.07) is 10.7. The number of rotatable bonds is 5. The molecule has 2 aliphatic heterocycles. The number of nitrogens with zero attached hydrogens (tertiary/aromatic N) is 1. The summed E-state index contributed by atoms with van der Waals surface area (Å²) in [6.45, 7) is 2.02. The second-order valence-electron chi connectivity index (χ2n) is 7.63. The van der Waals surface area contributed by atoms with Crippen LogP contribution in [0.25, 0.3) is 0 Å². The Balaban J connectivity index is 1.81. The fourth-order valence-electron chi connectivity index (χ4n) is 4.87. The molecule has 0 amide bonds. The summed E-state index contributed by atoms with van der Waals surface area (Å²) in [7, 11) is 6.77. The molecule has 2 aliphatic rings. The molecule has 0 N–H and O–H groups in total. The van der Waals surface area contributed by atoms with E-state index in [1.807, 2.05) is 6.07 Å². The second-order valence-corrected chi connectivity index (χ2v) is 7.63. The van der Waals surface area contributed by atoms with Gasteiger partial charge in [-0.25, -0.2) is 0 Å². The van der Waals surface area contributed by atoms with Crippen LogP contribution in [0.5, 0.6) is 23.0 Å². The van der Waals surface area contributed by atoms with Gasteiger partial charge < -0.3 is 18.9 Å². The number of ether oxygens (including phenoxy) is 4. The van der Waals surface area contributed by atoms with E-state index >= 15 is 0 Å². The van der Waals surface area contributed by atoms with Crippen molar-refractivity contribution in [1.29, 1.82) is 0 Å². The Labute approximate surface area is 167 Å². The smallest absolute Gasteiger partial charge is 0.161 e. The van der Waals surface area contributed by atoms with E-state index in [9.17, 15) is 0 Å². The van der Waals surface area contributed by atoms with Gasteiger partial charge in [0.05, 0.1) is 34.0 Å². The molecule has 2 heterocycles. The van der Waals surface area contributed by atoms with Crippen molar-refractivity contribution in [2.24, 2.45) is 0 Å². The average Bonchev–Trinajstić information content (AvgIpc) is 2.75. The van der Waals surface area contributed by atoms with Crippen LogP contribution >= 0.6 is 0 Å². The highest BCUT2D eigenvalue weighted by molar-refractivity contribution is 5.51. The molecule has 2 aromatic rings. The molecule has 1 atom stereocenters. The molecule has 1 saturated heterocycles. The Morgan fingerprint density at radius 3 is 2.07 bits per heavy atom. The van der Waals surface area contributed by atoms with E-state index in [4.69, 9.17) is 18.9 Å². The van der Waals surface area contributed by atoms with Gasteiger partial charge >= 0.3 is 0 Å². The summed E-state index contributed by atoms with van der Waals surface area (Å²) in [4.78, 5) is 2.63. The van der Waals surface area contributed by atoms with Crippen LogP contribution in [0.2, 0.25) is 0 Å².